The van der Waals surface area contributed by atoms with E-state index >= 15 is 0 Å². The van der Waals surface area contributed by atoms with Crippen molar-refractivity contribution in [2.45, 2.75) is 25.3 Å². The lowest BCUT2D eigenvalue weighted by Crippen LogP contribution is -2.12. The molecule has 0 bridgehead atoms. The Morgan fingerprint density at radius 3 is 2.20 bits per heavy atom. The molecule has 3 aromatic rings. The van der Waals surface area contributed by atoms with E-state index in [0.29, 0.717) is 22.4 Å². The van der Waals surface area contributed by atoms with Gasteiger partial charge in [-0.3, -0.25) is 0 Å². The van der Waals surface area contributed by atoms with Crippen LogP contribution in [0.15, 0.2) is 71.6 Å². The highest BCUT2D eigenvalue weighted by atomic mass is 32.2. The van der Waals surface area contributed by atoms with Gasteiger partial charge in [0.15, 0.2) is 0 Å². The second-order valence-electron chi connectivity index (χ2n) is 6.71. The Bertz CT molecular complexity index is 1140. The number of aryl methyl sites for hydroxylation is 2. The summed E-state index contributed by atoms with van der Waals surface area (Å²) < 4.78 is 41.1. The van der Waals surface area contributed by atoms with Crippen LogP contribution in [0.1, 0.15) is 27.0 Å². The lowest BCUT2D eigenvalue weighted by molar-refractivity contribution is 0.0472. The molecule has 0 fully saturated rings. The van der Waals surface area contributed by atoms with E-state index in [1.165, 1.54) is 37.4 Å². The predicted molar refractivity (Wildman–Crippen MR) is 112 cm³/mol. The van der Waals surface area contributed by atoms with E-state index in [2.05, 4.69) is 0 Å². The Kier molecular flexibility index (Phi) is 6.42. The van der Waals surface area contributed by atoms with Gasteiger partial charge in [-0.15, -0.1) is 0 Å². The maximum atomic E-state index is 12.7. The largest absolute Gasteiger partial charge is 0.496 e. The van der Waals surface area contributed by atoms with Gasteiger partial charge in [-0.1, -0.05) is 30.3 Å². The van der Waals surface area contributed by atoms with Crippen molar-refractivity contribution in [3.8, 4) is 11.5 Å². The van der Waals surface area contributed by atoms with Crippen LogP contribution in [-0.4, -0.2) is 21.5 Å². The number of hydrogen-bond donors (Lipinski definition) is 0. The summed E-state index contributed by atoms with van der Waals surface area (Å²) in [7, 11) is -2.52. The van der Waals surface area contributed by atoms with Crippen LogP contribution in [0.25, 0.3) is 0 Å². The second-order valence-corrected chi connectivity index (χ2v) is 8.23. The van der Waals surface area contributed by atoms with E-state index in [4.69, 9.17) is 13.7 Å². The average molecular weight is 426 g/mol. The van der Waals surface area contributed by atoms with Gasteiger partial charge in [-0.2, -0.15) is 8.42 Å². The number of rotatable bonds is 7. The van der Waals surface area contributed by atoms with E-state index < -0.39 is 16.1 Å². The van der Waals surface area contributed by atoms with Crippen LogP contribution < -0.4 is 8.92 Å². The first-order valence-corrected chi connectivity index (χ1v) is 10.6. The first kappa shape index (κ1) is 21.4. The molecule has 7 heteroatoms. The third-order valence-corrected chi connectivity index (χ3v) is 5.86. The van der Waals surface area contributed by atoms with Gasteiger partial charge in [0.25, 0.3) is 0 Å². The van der Waals surface area contributed by atoms with Gasteiger partial charge in [-0.05, 0) is 66.9 Å². The summed E-state index contributed by atoms with van der Waals surface area (Å²) in [5.74, 6) is 0.196. The minimum atomic E-state index is -4.04. The molecular formula is C23H22O6S. The number of benzene rings is 3. The maximum Gasteiger partial charge on any atom is 0.339 e. The molecule has 0 radical (unpaired) electrons. The van der Waals surface area contributed by atoms with Crippen molar-refractivity contribution in [1.82, 2.24) is 0 Å². The minimum absolute atomic E-state index is 0.0622. The first-order chi connectivity index (χ1) is 14.3. The standard InChI is InChI=1S/C23H22O6S/c1-16-14-22(17(2)13-21(16)27-3)30(25,26)29-20-11-9-19(10-12-20)23(24)28-15-18-7-5-4-6-8-18/h4-14H,15H2,1-3H3. The lowest BCUT2D eigenvalue weighted by atomic mass is 10.1. The van der Waals surface area contributed by atoms with Crippen molar-refractivity contribution in [3.63, 3.8) is 0 Å². The summed E-state index contributed by atoms with van der Waals surface area (Å²) in [6.45, 7) is 3.58. The lowest BCUT2D eigenvalue weighted by Gasteiger charge is -2.13. The molecule has 3 rings (SSSR count). The predicted octanol–water partition coefficient (Wildman–Crippen LogP) is 4.44. The fourth-order valence-electron chi connectivity index (χ4n) is 2.88. The van der Waals surface area contributed by atoms with Crippen LogP contribution >= 0.6 is 0 Å². The van der Waals surface area contributed by atoms with Crippen LogP contribution in [-0.2, 0) is 21.5 Å². The Balaban J connectivity index is 1.70. The SMILES string of the molecule is COc1cc(C)c(S(=O)(=O)Oc2ccc(C(=O)OCc3ccccc3)cc2)cc1C. The van der Waals surface area contributed by atoms with Crippen LogP contribution in [0, 0.1) is 13.8 Å². The van der Waals surface area contributed by atoms with Crippen molar-refractivity contribution in [3.05, 3.63) is 89.0 Å². The summed E-state index contributed by atoms with van der Waals surface area (Å²) in [5.41, 5.74) is 2.37. The average Bonchev–Trinajstić information content (AvgIpc) is 2.74. The van der Waals surface area contributed by atoms with E-state index in [0.717, 1.165) is 5.56 Å². The quantitative estimate of drug-likeness (QED) is 0.411. The van der Waals surface area contributed by atoms with Gasteiger partial charge in [-0.25, -0.2) is 4.79 Å². The minimum Gasteiger partial charge on any atom is -0.496 e. The van der Waals surface area contributed by atoms with Crippen LogP contribution in [0.2, 0.25) is 0 Å². The molecule has 0 aliphatic carbocycles. The van der Waals surface area contributed by atoms with Gasteiger partial charge in [0.05, 0.1) is 12.7 Å². The van der Waals surface area contributed by atoms with Gasteiger partial charge < -0.3 is 13.7 Å². The summed E-state index contributed by atoms with van der Waals surface area (Å²) >= 11 is 0. The van der Waals surface area contributed by atoms with Crippen LogP contribution in [0.3, 0.4) is 0 Å². The number of carbonyl (C=O) groups excluding carboxylic acids is 1. The summed E-state index contributed by atoms with van der Waals surface area (Å²) in [6, 6.07) is 18.3. The highest BCUT2D eigenvalue weighted by Gasteiger charge is 2.21. The van der Waals surface area contributed by atoms with Crippen molar-refractivity contribution in [2.24, 2.45) is 0 Å². The molecule has 156 valence electrons. The van der Waals surface area contributed by atoms with Crippen molar-refractivity contribution < 1.29 is 26.9 Å². The zero-order valence-electron chi connectivity index (χ0n) is 16.9. The number of methoxy groups -OCH3 is 1. The topological polar surface area (TPSA) is 78.9 Å². The fourth-order valence-corrected chi connectivity index (χ4v) is 4.11. The molecule has 0 aliphatic rings. The normalized spacial score (nSPS) is 11.0. The molecule has 6 nitrogen and oxygen atoms in total. The Labute approximate surface area is 176 Å². The molecule has 0 aromatic heterocycles. The zero-order chi connectivity index (χ0) is 21.7. The summed E-state index contributed by atoms with van der Waals surface area (Å²) in [5, 5.41) is 0. The highest BCUT2D eigenvalue weighted by molar-refractivity contribution is 7.87. The summed E-state index contributed by atoms with van der Waals surface area (Å²) in [4.78, 5) is 12.2. The number of carbonyl (C=O) groups is 1. The number of esters is 1. The van der Waals surface area contributed by atoms with Crippen molar-refractivity contribution in [1.29, 1.82) is 0 Å². The smallest absolute Gasteiger partial charge is 0.339 e. The van der Waals surface area contributed by atoms with E-state index in [1.807, 2.05) is 30.3 Å². The molecule has 0 unspecified atom stereocenters. The third-order valence-electron chi connectivity index (χ3n) is 4.47. The summed E-state index contributed by atoms with van der Waals surface area (Å²) in [6.07, 6.45) is 0. The molecule has 0 spiro atoms. The van der Waals surface area contributed by atoms with Crippen LogP contribution in [0.5, 0.6) is 11.5 Å². The molecule has 0 amide bonds. The third kappa shape index (κ3) is 4.99. The van der Waals surface area contributed by atoms with E-state index in [1.54, 1.807) is 19.9 Å². The molecule has 0 heterocycles. The second kappa shape index (κ2) is 9.00. The molecule has 3 aromatic carbocycles. The van der Waals surface area contributed by atoms with Gasteiger partial charge >= 0.3 is 16.1 Å². The molecule has 0 N–H and O–H groups in total. The van der Waals surface area contributed by atoms with Crippen molar-refractivity contribution >= 4 is 16.1 Å². The van der Waals surface area contributed by atoms with Crippen LogP contribution in [0.4, 0.5) is 0 Å². The maximum absolute atomic E-state index is 12.7. The fraction of sp³-hybridized carbons (Fsp3) is 0.174. The molecular weight excluding hydrogens is 404 g/mol. The molecule has 0 atom stereocenters. The van der Waals surface area contributed by atoms with Gasteiger partial charge in [0.2, 0.25) is 0 Å². The van der Waals surface area contributed by atoms with E-state index in [-0.39, 0.29) is 17.3 Å². The van der Waals surface area contributed by atoms with Gasteiger partial charge in [0.1, 0.15) is 23.0 Å². The Hall–Kier alpha value is -3.32. The molecule has 0 saturated heterocycles. The molecule has 30 heavy (non-hydrogen) atoms. The molecule has 0 aliphatic heterocycles. The molecule has 0 saturated carbocycles. The Morgan fingerprint density at radius 1 is 0.900 bits per heavy atom. The number of hydrogen-bond acceptors (Lipinski definition) is 6. The monoisotopic (exact) mass is 426 g/mol. The zero-order valence-corrected chi connectivity index (χ0v) is 17.7. The van der Waals surface area contributed by atoms with Crippen molar-refractivity contribution in [2.75, 3.05) is 7.11 Å². The Morgan fingerprint density at radius 2 is 1.57 bits per heavy atom. The van der Waals surface area contributed by atoms with E-state index in [9.17, 15) is 13.2 Å². The number of ether oxygens (including phenoxy) is 2. The highest BCUT2D eigenvalue weighted by Crippen LogP contribution is 2.28. The first-order valence-electron chi connectivity index (χ1n) is 9.21. The van der Waals surface area contributed by atoms with Gasteiger partial charge in [0, 0.05) is 0 Å².